The average Bonchev–Trinajstić information content (AvgIpc) is 2.84. The highest BCUT2D eigenvalue weighted by atomic mass is 32.2. The fourth-order valence-electron chi connectivity index (χ4n) is 3.01. The molecule has 3 N–H and O–H groups in total. The number of carbonyl (C=O) groups is 2. The highest BCUT2D eigenvalue weighted by molar-refractivity contribution is 7.92. The topological polar surface area (TPSA) is 110 Å². The molecule has 1 aliphatic carbocycles. The van der Waals surface area contributed by atoms with E-state index in [2.05, 4.69) is 4.72 Å². The Morgan fingerprint density at radius 1 is 1.38 bits per heavy atom. The fourth-order valence-corrected chi connectivity index (χ4v) is 5.59. The van der Waals surface area contributed by atoms with Crippen LogP contribution in [0.3, 0.4) is 0 Å². The van der Waals surface area contributed by atoms with Gasteiger partial charge in [0.25, 0.3) is 15.9 Å². The molecule has 2 amide bonds. The lowest BCUT2D eigenvalue weighted by molar-refractivity contribution is -0.129. The summed E-state index contributed by atoms with van der Waals surface area (Å²) in [6.07, 6.45) is 1.08. The molecule has 2 aliphatic rings. The van der Waals surface area contributed by atoms with Crippen LogP contribution in [0.5, 0.6) is 0 Å². The summed E-state index contributed by atoms with van der Waals surface area (Å²) in [4.78, 5) is 26.3. The molecule has 9 heteroatoms. The monoisotopic (exact) mass is 371 g/mol. The molecule has 2 heterocycles. The van der Waals surface area contributed by atoms with Crippen molar-refractivity contribution < 1.29 is 18.0 Å². The third-order valence-electron chi connectivity index (χ3n) is 4.99. The molecule has 0 bridgehead atoms. The van der Waals surface area contributed by atoms with Crippen LogP contribution < -0.4 is 10.5 Å². The molecule has 0 aromatic carbocycles. The van der Waals surface area contributed by atoms with Crippen molar-refractivity contribution in [2.75, 3.05) is 6.54 Å². The minimum Gasteiger partial charge on any atom is -0.338 e. The Morgan fingerprint density at radius 2 is 2.00 bits per heavy atom. The van der Waals surface area contributed by atoms with Gasteiger partial charge in [-0.25, -0.2) is 13.1 Å². The maximum atomic E-state index is 12.5. The predicted octanol–water partition coefficient (Wildman–Crippen LogP) is 0.585. The lowest BCUT2D eigenvalue weighted by Gasteiger charge is -2.25. The van der Waals surface area contributed by atoms with Crippen LogP contribution in [-0.2, 0) is 32.6 Å². The van der Waals surface area contributed by atoms with Crippen molar-refractivity contribution in [1.29, 1.82) is 0 Å². The van der Waals surface area contributed by atoms with E-state index in [1.54, 1.807) is 11.0 Å². The predicted molar refractivity (Wildman–Crippen MR) is 89.8 cm³/mol. The second kappa shape index (κ2) is 5.27. The van der Waals surface area contributed by atoms with Crippen LogP contribution in [0, 0.1) is 5.41 Å². The van der Waals surface area contributed by atoms with Gasteiger partial charge >= 0.3 is 0 Å². The van der Waals surface area contributed by atoms with E-state index in [0.29, 0.717) is 25.9 Å². The summed E-state index contributed by atoms with van der Waals surface area (Å²) >= 11 is 1.15. The summed E-state index contributed by atoms with van der Waals surface area (Å²) in [6.45, 7) is 6.14. The molecule has 1 fully saturated rings. The first-order valence-electron chi connectivity index (χ1n) is 7.69. The van der Waals surface area contributed by atoms with Crippen molar-refractivity contribution >= 4 is 33.2 Å². The Hall–Kier alpha value is -1.45. The van der Waals surface area contributed by atoms with Gasteiger partial charge in [-0.05, 0) is 29.9 Å². The van der Waals surface area contributed by atoms with Crippen molar-refractivity contribution in [2.24, 2.45) is 11.1 Å². The molecule has 1 aliphatic heterocycles. The number of rotatable bonds is 3. The largest absolute Gasteiger partial charge is 0.338 e. The SMILES string of the molecule is CC(=O)N1CCc2sc(S(=O)(=O)NC(=O)C3(N)CC3(C)C)cc2C1. The molecule has 24 heavy (non-hydrogen) atoms. The van der Waals surface area contributed by atoms with E-state index < -0.39 is 26.9 Å². The Bertz CT molecular complexity index is 828. The van der Waals surface area contributed by atoms with Crippen molar-refractivity contribution in [3.05, 3.63) is 16.5 Å². The second-order valence-electron chi connectivity index (χ2n) is 7.17. The number of sulfonamides is 1. The molecule has 1 saturated carbocycles. The Balaban J connectivity index is 1.80. The summed E-state index contributed by atoms with van der Waals surface area (Å²) in [6, 6.07) is 1.55. The normalized spacial score (nSPS) is 25.1. The quantitative estimate of drug-likeness (QED) is 0.808. The molecule has 1 aromatic heterocycles. The average molecular weight is 371 g/mol. The molecule has 1 unspecified atom stereocenters. The number of fused-ring (bicyclic) bond motifs is 1. The summed E-state index contributed by atoms with van der Waals surface area (Å²) in [7, 11) is -3.95. The minimum atomic E-state index is -3.95. The first-order valence-corrected chi connectivity index (χ1v) is 9.99. The molecule has 7 nitrogen and oxygen atoms in total. The number of hydrogen-bond donors (Lipinski definition) is 2. The molecule has 1 atom stereocenters. The van der Waals surface area contributed by atoms with Crippen LogP contribution in [0.2, 0.25) is 0 Å². The van der Waals surface area contributed by atoms with E-state index in [0.717, 1.165) is 21.8 Å². The maximum Gasteiger partial charge on any atom is 0.273 e. The molecule has 3 rings (SSSR count). The number of nitrogens with zero attached hydrogens (tertiary/aromatic N) is 1. The number of amides is 2. The van der Waals surface area contributed by atoms with Crippen LogP contribution >= 0.6 is 11.3 Å². The van der Waals surface area contributed by atoms with E-state index in [4.69, 9.17) is 5.73 Å². The molecular formula is C15H21N3O4S2. The molecule has 0 spiro atoms. The smallest absolute Gasteiger partial charge is 0.273 e. The van der Waals surface area contributed by atoms with Gasteiger partial charge in [0, 0.05) is 24.9 Å². The molecule has 1 aromatic rings. The molecular weight excluding hydrogens is 350 g/mol. The highest BCUT2D eigenvalue weighted by Gasteiger charge is 2.64. The Kier molecular flexibility index (Phi) is 3.82. The van der Waals surface area contributed by atoms with Gasteiger partial charge in [-0.1, -0.05) is 13.8 Å². The van der Waals surface area contributed by atoms with Crippen molar-refractivity contribution in [3.63, 3.8) is 0 Å². The van der Waals surface area contributed by atoms with Crippen LogP contribution in [-0.4, -0.2) is 37.2 Å². The third kappa shape index (κ3) is 2.74. The molecule has 0 saturated heterocycles. The minimum absolute atomic E-state index is 0.0365. The van der Waals surface area contributed by atoms with E-state index >= 15 is 0 Å². The van der Waals surface area contributed by atoms with Crippen molar-refractivity contribution in [1.82, 2.24) is 9.62 Å². The van der Waals surface area contributed by atoms with Crippen molar-refractivity contribution in [3.8, 4) is 0 Å². The lowest BCUT2D eigenvalue weighted by Crippen LogP contribution is -2.48. The van der Waals surface area contributed by atoms with Gasteiger partial charge in [0.05, 0.1) is 0 Å². The first-order chi connectivity index (χ1) is 11.0. The Morgan fingerprint density at radius 3 is 2.54 bits per heavy atom. The summed E-state index contributed by atoms with van der Waals surface area (Å²) in [5.74, 6) is -0.699. The summed E-state index contributed by atoms with van der Waals surface area (Å²) in [5, 5.41) is 0. The van der Waals surface area contributed by atoms with Gasteiger partial charge < -0.3 is 10.6 Å². The number of carbonyl (C=O) groups excluding carboxylic acids is 2. The van der Waals surface area contributed by atoms with Gasteiger partial charge in [-0.3, -0.25) is 9.59 Å². The van der Waals surface area contributed by atoms with Crippen LogP contribution in [0.15, 0.2) is 10.3 Å². The van der Waals surface area contributed by atoms with Gasteiger partial charge in [-0.2, -0.15) is 0 Å². The zero-order chi connectivity index (χ0) is 17.9. The standard InChI is InChI=1S/C15H21N3O4S2/c1-9(19)18-5-4-11-10(7-18)6-12(23-11)24(21,22)17-13(20)15(16)8-14(15,2)3/h6H,4-5,7-8,16H2,1-3H3,(H,17,20). The first kappa shape index (κ1) is 17.4. The molecule has 132 valence electrons. The lowest BCUT2D eigenvalue weighted by atomic mass is 10.1. The highest BCUT2D eigenvalue weighted by Crippen LogP contribution is 2.53. The van der Waals surface area contributed by atoms with Gasteiger partial charge in [-0.15, -0.1) is 11.3 Å². The van der Waals surface area contributed by atoms with Gasteiger partial charge in [0.15, 0.2) is 0 Å². The van der Waals surface area contributed by atoms with E-state index in [-0.39, 0.29) is 10.1 Å². The van der Waals surface area contributed by atoms with E-state index in [1.807, 2.05) is 13.8 Å². The van der Waals surface area contributed by atoms with E-state index in [9.17, 15) is 18.0 Å². The summed E-state index contributed by atoms with van der Waals surface area (Å²) < 4.78 is 27.2. The number of nitrogens with two attached hydrogens (primary N) is 1. The van der Waals surface area contributed by atoms with Crippen LogP contribution in [0.1, 0.15) is 37.6 Å². The third-order valence-corrected chi connectivity index (χ3v) is 8.03. The van der Waals surface area contributed by atoms with Crippen LogP contribution in [0.4, 0.5) is 0 Å². The van der Waals surface area contributed by atoms with E-state index in [1.165, 1.54) is 6.92 Å². The maximum absolute atomic E-state index is 12.5. The second-order valence-corrected chi connectivity index (χ2v) is 10.2. The fraction of sp³-hybridized carbons (Fsp3) is 0.600. The zero-order valence-electron chi connectivity index (χ0n) is 13.9. The van der Waals surface area contributed by atoms with Gasteiger partial charge in [0.2, 0.25) is 5.91 Å². The number of nitrogens with one attached hydrogen (secondary N) is 1. The summed E-state index contributed by atoms with van der Waals surface area (Å²) in [5.41, 5.74) is 5.27. The van der Waals surface area contributed by atoms with Gasteiger partial charge in [0.1, 0.15) is 9.75 Å². The zero-order valence-corrected chi connectivity index (χ0v) is 15.5. The van der Waals surface area contributed by atoms with Crippen LogP contribution in [0.25, 0.3) is 0 Å². The number of thiophene rings is 1. The number of hydrogen-bond acceptors (Lipinski definition) is 6. The Labute approximate surface area is 145 Å². The molecule has 0 radical (unpaired) electrons. The van der Waals surface area contributed by atoms with Crippen molar-refractivity contribution in [2.45, 2.75) is 49.9 Å².